The number of amides is 1. The van der Waals surface area contributed by atoms with Crippen LogP contribution in [0.3, 0.4) is 0 Å². The molecule has 10 heteroatoms. The van der Waals surface area contributed by atoms with E-state index in [0.717, 1.165) is 37.4 Å². The Bertz CT molecular complexity index is 1180. The molecule has 186 valence electrons. The van der Waals surface area contributed by atoms with Gasteiger partial charge in [-0.3, -0.25) is 9.69 Å². The Kier molecular flexibility index (Phi) is 7.82. The quantitative estimate of drug-likeness (QED) is 0.430. The molecule has 0 unspecified atom stereocenters. The normalized spacial score (nSPS) is 14.9. The van der Waals surface area contributed by atoms with Crippen LogP contribution in [0.15, 0.2) is 36.5 Å². The Morgan fingerprint density at radius 2 is 2.03 bits per heavy atom. The average Bonchev–Trinajstić information content (AvgIpc) is 3.29. The van der Waals surface area contributed by atoms with E-state index < -0.39 is 0 Å². The Morgan fingerprint density at radius 1 is 1.29 bits per heavy atom. The number of ether oxygens (including phenoxy) is 1. The molecule has 1 aliphatic heterocycles. The lowest BCUT2D eigenvalue weighted by atomic mass is 9.96. The third-order valence-electron chi connectivity index (χ3n) is 5.93. The van der Waals surface area contributed by atoms with Crippen molar-refractivity contribution in [2.24, 2.45) is 5.92 Å². The number of piperidine rings is 1. The number of aromatic nitrogens is 2. The molecular weight excluding hydrogens is 467 g/mol. The van der Waals surface area contributed by atoms with Crippen LogP contribution < -0.4 is 21.5 Å². The molecule has 1 aliphatic rings. The zero-order chi connectivity index (χ0) is 24.9. The van der Waals surface area contributed by atoms with Crippen molar-refractivity contribution in [2.75, 3.05) is 31.1 Å². The van der Waals surface area contributed by atoms with Crippen molar-refractivity contribution in [1.82, 2.24) is 20.2 Å². The van der Waals surface area contributed by atoms with Gasteiger partial charge in [-0.2, -0.15) is 0 Å². The lowest BCUT2D eigenvalue weighted by Gasteiger charge is -2.31. The molecule has 2 aromatic heterocycles. The summed E-state index contributed by atoms with van der Waals surface area (Å²) in [5, 5.41) is 3.68. The molecule has 0 aliphatic carbocycles. The molecule has 3 aromatic rings. The summed E-state index contributed by atoms with van der Waals surface area (Å²) in [4.78, 5) is 24.8. The van der Waals surface area contributed by atoms with E-state index in [2.05, 4.69) is 20.2 Å². The zero-order valence-electron chi connectivity index (χ0n) is 20.0. The van der Waals surface area contributed by atoms with Crippen LogP contribution in [0.5, 0.6) is 5.88 Å². The summed E-state index contributed by atoms with van der Waals surface area (Å²) in [5.41, 5.74) is 13.1. The molecule has 0 atom stereocenters. The van der Waals surface area contributed by atoms with Crippen molar-refractivity contribution in [2.45, 2.75) is 39.3 Å². The van der Waals surface area contributed by atoms with Crippen molar-refractivity contribution in [3.63, 3.8) is 0 Å². The molecule has 1 amide bonds. The second-order valence-corrected chi connectivity index (χ2v) is 10.1. The van der Waals surface area contributed by atoms with Gasteiger partial charge in [-0.25, -0.2) is 14.4 Å². The summed E-state index contributed by atoms with van der Waals surface area (Å²) in [6, 6.07) is 8.19. The van der Waals surface area contributed by atoms with Crippen LogP contribution >= 0.6 is 11.3 Å². The summed E-state index contributed by atoms with van der Waals surface area (Å²) in [7, 11) is 0. The molecule has 3 heterocycles. The lowest BCUT2D eigenvalue weighted by molar-refractivity contribution is 0.0928. The molecule has 35 heavy (non-hydrogen) atoms. The van der Waals surface area contributed by atoms with Crippen LogP contribution in [0, 0.1) is 11.7 Å². The van der Waals surface area contributed by atoms with Gasteiger partial charge in [0.15, 0.2) is 0 Å². The predicted octanol–water partition coefficient (Wildman–Crippen LogP) is 3.94. The topological polar surface area (TPSA) is 119 Å². The number of benzene rings is 1. The Morgan fingerprint density at radius 3 is 2.74 bits per heavy atom. The third kappa shape index (κ3) is 6.26. The SMILES string of the molecule is CC(C)Oc1nc(C(=O)NCC2CCN(Cc3cnc(-c4ccccc4F)s3)CC2)cc(N)c1N. The largest absolute Gasteiger partial charge is 0.473 e. The maximum Gasteiger partial charge on any atom is 0.270 e. The first kappa shape index (κ1) is 24.9. The minimum Gasteiger partial charge on any atom is -0.473 e. The number of likely N-dealkylation sites (tertiary alicyclic amines) is 1. The number of nitrogens with zero attached hydrogens (tertiary/aromatic N) is 3. The number of carbonyl (C=O) groups is 1. The molecule has 0 bridgehead atoms. The summed E-state index contributed by atoms with van der Waals surface area (Å²) >= 11 is 1.53. The van der Waals surface area contributed by atoms with Crippen LogP contribution in [0.4, 0.5) is 15.8 Å². The molecule has 0 radical (unpaired) electrons. The fourth-order valence-electron chi connectivity index (χ4n) is 4.02. The van der Waals surface area contributed by atoms with Gasteiger partial charge in [0.25, 0.3) is 5.91 Å². The maximum absolute atomic E-state index is 14.0. The molecule has 4 rings (SSSR count). The van der Waals surface area contributed by atoms with Gasteiger partial charge in [-0.15, -0.1) is 11.3 Å². The van der Waals surface area contributed by atoms with Gasteiger partial charge < -0.3 is 21.5 Å². The summed E-state index contributed by atoms with van der Waals surface area (Å²) in [5.74, 6) is 0.0118. The highest BCUT2D eigenvalue weighted by Crippen LogP contribution is 2.29. The van der Waals surface area contributed by atoms with Crippen molar-refractivity contribution < 1.29 is 13.9 Å². The van der Waals surface area contributed by atoms with Crippen molar-refractivity contribution in [3.8, 4) is 16.5 Å². The molecule has 8 nitrogen and oxygen atoms in total. The van der Waals surface area contributed by atoms with Gasteiger partial charge in [0.1, 0.15) is 22.2 Å². The number of carbonyl (C=O) groups excluding carboxylic acids is 1. The summed E-state index contributed by atoms with van der Waals surface area (Å²) < 4.78 is 19.6. The van der Waals surface area contributed by atoms with E-state index in [1.165, 1.54) is 23.5 Å². The minimum absolute atomic E-state index is 0.135. The van der Waals surface area contributed by atoms with E-state index in [9.17, 15) is 9.18 Å². The van der Waals surface area contributed by atoms with Gasteiger partial charge in [-0.1, -0.05) is 12.1 Å². The summed E-state index contributed by atoms with van der Waals surface area (Å²) in [6.07, 6.45) is 3.64. The second kappa shape index (κ2) is 11.0. The van der Waals surface area contributed by atoms with Crippen LogP contribution in [-0.4, -0.2) is 46.5 Å². The smallest absolute Gasteiger partial charge is 0.270 e. The van der Waals surface area contributed by atoms with Crippen molar-refractivity contribution >= 4 is 28.6 Å². The van der Waals surface area contributed by atoms with Gasteiger partial charge in [-0.05, 0) is 63.9 Å². The Labute approximate surface area is 208 Å². The number of thiazole rings is 1. The number of pyridine rings is 1. The zero-order valence-corrected chi connectivity index (χ0v) is 20.8. The van der Waals surface area contributed by atoms with Gasteiger partial charge in [0, 0.05) is 29.7 Å². The van der Waals surface area contributed by atoms with Crippen LogP contribution in [0.1, 0.15) is 42.1 Å². The number of hydrogen-bond acceptors (Lipinski definition) is 8. The highest BCUT2D eigenvalue weighted by atomic mass is 32.1. The first-order chi connectivity index (χ1) is 16.8. The second-order valence-electron chi connectivity index (χ2n) is 9.02. The van der Waals surface area contributed by atoms with E-state index in [0.29, 0.717) is 23.0 Å². The molecule has 0 saturated carbocycles. The number of nitrogens with two attached hydrogens (primary N) is 2. The number of halogens is 1. The Hall–Kier alpha value is -3.24. The van der Waals surface area contributed by atoms with Crippen molar-refractivity contribution in [3.05, 3.63) is 52.9 Å². The standard InChI is InChI=1S/C25H31FN6O2S/c1-15(2)34-24-22(28)20(27)11-21(31-24)23(33)29-12-16-7-9-32(10-8-16)14-17-13-30-25(35-17)18-5-3-4-6-19(18)26/h3-6,11,13,15-16H,7-10,12,14,28H2,1-2H3,(H2,27,31)(H,29,33). The van der Waals surface area contributed by atoms with Gasteiger partial charge in [0.05, 0.1) is 11.8 Å². The third-order valence-corrected chi connectivity index (χ3v) is 6.95. The number of rotatable bonds is 8. The lowest BCUT2D eigenvalue weighted by Crippen LogP contribution is -2.38. The first-order valence-electron chi connectivity index (χ1n) is 11.7. The van der Waals surface area contributed by atoms with E-state index >= 15 is 0 Å². The van der Waals surface area contributed by atoms with Crippen molar-refractivity contribution in [1.29, 1.82) is 0 Å². The fourth-order valence-corrected chi connectivity index (χ4v) is 5.00. The number of anilines is 2. The van der Waals surface area contributed by atoms with E-state index in [-0.39, 0.29) is 40.8 Å². The average molecular weight is 499 g/mol. The minimum atomic E-state index is -0.293. The highest BCUT2D eigenvalue weighted by Gasteiger charge is 2.22. The molecule has 1 saturated heterocycles. The number of nitrogens with one attached hydrogen (secondary N) is 1. The van der Waals surface area contributed by atoms with Gasteiger partial charge in [0.2, 0.25) is 5.88 Å². The molecular formula is C25H31FN6O2S. The van der Waals surface area contributed by atoms with Crippen LogP contribution in [0.2, 0.25) is 0 Å². The van der Waals surface area contributed by atoms with Gasteiger partial charge >= 0.3 is 0 Å². The molecule has 1 aromatic carbocycles. The molecule has 1 fully saturated rings. The molecule has 0 spiro atoms. The highest BCUT2D eigenvalue weighted by molar-refractivity contribution is 7.15. The van der Waals surface area contributed by atoms with E-state index in [1.54, 1.807) is 12.1 Å². The van der Waals surface area contributed by atoms with Crippen LogP contribution in [0.25, 0.3) is 10.6 Å². The number of hydrogen-bond donors (Lipinski definition) is 3. The monoisotopic (exact) mass is 498 g/mol. The Balaban J connectivity index is 1.26. The summed E-state index contributed by atoms with van der Waals surface area (Å²) in [6.45, 7) is 6.91. The molecule has 5 N–H and O–H groups in total. The number of nitrogen functional groups attached to an aromatic ring is 2. The predicted molar refractivity (Wildman–Crippen MR) is 137 cm³/mol. The van der Waals surface area contributed by atoms with E-state index in [1.807, 2.05) is 26.1 Å². The first-order valence-corrected chi connectivity index (χ1v) is 12.5. The van der Waals surface area contributed by atoms with Crippen LogP contribution in [-0.2, 0) is 6.54 Å². The van der Waals surface area contributed by atoms with E-state index in [4.69, 9.17) is 16.2 Å². The maximum atomic E-state index is 14.0. The fraction of sp³-hybridized carbons (Fsp3) is 0.400.